The van der Waals surface area contributed by atoms with E-state index in [-0.39, 0.29) is 36.6 Å². The number of ether oxygens (including phenoxy) is 1. The molecule has 1 aromatic heterocycles. The minimum absolute atomic E-state index is 0.0943. The molecule has 0 saturated carbocycles. The Morgan fingerprint density at radius 2 is 1.74 bits per heavy atom. The van der Waals surface area contributed by atoms with E-state index in [4.69, 9.17) is 9.15 Å². The molecule has 0 bridgehead atoms. The van der Waals surface area contributed by atoms with E-state index in [1.54, 1.807) is 30.3 Å². The van der Waals surface area contributed by atoms with Gasteiger partial charge in [-0.05, 0) is 41.3 Å². The molecule has 8 heteroatoms. The van der Waals surface area contributed by atoms with Crippen LogP contribution in [-0.4, -0.2) is 23.9 Å². The zero-order valence-corrected chi connectivity index (χ0v) is 19.2. The minimum atomic E-state index is -0.741. The predicted molar refractivity (Wildman–Crippen MR) is 128 cm³/mol. The van der Waals surface area contributed by atoms with Gasteiger partial charge in [0.2, 0.25) is 5.91 Å². The summed E-state index contributed by atoms with van der Waals surface area (Å²) in [6, 6.07) is 18.9. The lowest BCUT2D eigenvalue weighted by molar-refractivity contribution is -0.124. The van der Waals surface area contributed by atoms with Gasteiger partial charge in [0.1, 0.15) is 12.6 Å². The molecule has 2 atom stereocenters. The van der Waals surface area contributed by atoms with Gasteiger partial charge in [0, 0.05) is 12.2 Å². The van der Waals surface area contributed by atoms with E-state index in [0.29, 0.717) is 12.1 Å². The van der Waals surface area contributed by atoms with Gasteiger partial charge in [-0.1, -0.05) is 62.7 Å². The van der Waals surface area contributed by atoms with Crippen molar-refractivity contribution in [3.8, 4) is 0 Å². The minimum Gasteiger partial charge on any atom is -0.459 e. The molecule has 0 aliphatic rings. The van der Waals surface area contributed by atoms with Gasteiger partial charge in [-0.3, -0.25) is 9.59 Å². The quantitative estimate of drug-likeness (QED) is 0.410. The Balaban J connectivity index is 1.54. The molecule has 8 nitrogen and oxygen atoms in total. The second-order valence-corrected chi connectivity index (χ2v) is 7.92. The third-order valence-corrected chi connectivity index (χ3v) is 5.38. The van der Waals surface area contributed by atoms with Crippen molar-refractivity contribution in [3.05, 3.63) is 89.9 Å². The van der Waals surface area contributed by atoms with Crippen molar-refractivity contribution in [1.82, 2.24) is 10.6 Å². The molecule has 0 unspecified atom stereocenters. The van der Waals surface area contributed by atoms with Crippen LogP contribution in [0.3, 0.4) is 0 Å². The third kappa shape index (κ3) is 7.23. The van der Waals surface area contributed by atoms with Gasteiger partial charge < -0.3 is 25.1 Å². The van der Waals surface area contributed by atoms with Crippen LogP contribution in [0, 0.1) is 5.92 Å². The first-order chi connectivity index (χ1) is 16.5. The first-order valence-corrected chi connectivity index (χ1v) is 11.1. The van der Waals surface area contributed by atoms with E-state index >= 15 is 0 Å². The van der Waals surface area contributed by atoms with Crippen molar-refractivity contribution in [1.29, 1.82) is 0 Å². The summed E-state index contributed by atoms with van der Waals surface area (Å²) in [5, 5.41) is 8.30. The highest BCUT2D eigenvalue weighted by atomic mass is 16.5. The molecule has 0 radical (unpaired) electrons. The van der Waals surface area contributed by atoms with E-state index in [1.165, 1.54) is 6.26 Å². The maximum absolute atomic E-state index is 12.9. The molecular weight excluding hydrogens is 434 g/mol. The fraction of sp³-hybridized carbons (Fsp3) is 0.269. The number of carbonyl (C=O) groups is 3. The highest BCUT2D eigenvalue weighted by Gasteiger charge is 2.26. The van der Waals surface area contributed by atoms with Gasteiger partial charge in [-0.2, -0.15) is 0 Å². The Morgan fingerprint density at radius 1 is 0.971 bits per heavy atom. The molecule has 0 spiro atoms. The van der Waals surface area contributed by atoms with Crippen molar-refractivity contribution >= 4 is 23.6 Å². The average molecular weight is 464 g/mol. The SMILES string of the molecule is CC[C@H](C)[C@H](NC(=O)OCc1ccccc1)C(=O)NCc1cccc(NC(=O)c2ccco2)c1. The second-order valence-electron chi connectivity index (χ2n) is 7.92. The molecule has 0 saturated heterocycles. The molecule has 0 fully saturated rings. The van der Waals surface area contributed by atoms with E-state index in [1.807, 2.05) is 50.2 Å². The number of anilines is 1. The molecule has 0 aliphatic carbocycles. The van der Waals surface area contributed by atoms with Crippen LogP contribution in [0.4, 0.5) is 10.5 Å². The van der Waals surface area contributed by atoms with Crippen LogP contribution in [-0.2, 0) is 22.7 Å². The van der Waals surface area contributed by atoms with Crippen LogP contribution in [0.5, 0.6) is 0 Å². The highest BCUT2D eigenvalue weighted by Crippen LogP contribution is 2.14. The lowest BCUT2D eigenvalue weighted by Crippen LogP contribution is -2.50. The average Bonchev–Trinajstić information content (AvgIpc) is 3.40. The van der Waals surface area contributed by atoms with Crippen LogP contribution >= 0.6 is 0 Å². The fourth-order valence-corrected chi connectivity index (χ4v) is 3.25. The molecule has 3 amide bonds. The number of hydrogen-bond acceptors (Lipinski definition) is 5. The lowest BCUT2D eigenvalue weighted by atomic mass is 9.98. The summed E-state index contributed by atoms with van der Waals surface area (Å²) in [6.07, 6.45) is 1.48. The summed E-state index contributed by atoms with van der Waals surface area (Å²) >= 11 is 0. The molecular formula is C26H29N3O5. The van der Waals surface area contributed by atoms with Gasteiger partial charge in [-0.25, -0.2) is 4.79 Å². The predicted octanol–water partition coefficient (Wildman–Crippen LogP) is 4.49. The van der Waals surface area contributed by atoms with Crippen LogP contribution < -0.4 is 16.0 Å². The van der Waals surface area contributed by atoms with Crippen molar-refractivity contribution < 1.29 is 23.5 Å². The number of rotatable bonds is 10. The maximum atomic E-state index is 12.9. The zero-order chi connectivity index (χ0) is 24.3. The highest BCUT2D eigenvalue weighted by molar-refractivity contribution is 6.02. The smallest absolute Gasteiger partial charge is 0.408 e. The summed E-state index contributed by atoms with van der Waals surface area (Å²) in [5.74, 6) is -0.555. The van der Waals surface area contributed by atoms with E-state index in [0.717, 1.165) is 11.1 Å². The van der Waals surface area contributed by atoms with Gasteiger partial charge in [0.15, 0.2) is 5.76 Å². The second kappa shape index (κ2) is 12.2. The summed E-state index contributed by atoms with van der Waals surface area (Å²) < 4.78 is 10.4. The molecule has 3 aromatic rings. The number of furan rings is 1. The van der Waals surface area contributed by atoms with Crippen LogP contribution in [0.25, 0.3) is 0 Å². The van der Waals surface area contributed by atoms with Gasteiger partial charge in [0.25, 0.3) is 5.91 Å². The number of nitrogens with one attached hydrogen (secondary N) is 3. The van der Waals surface area contributed by atoms with Gasteiger partial charge in [0.05, 0.1) is 6.26 Å². The molecule has 3 N–H and O–H groups in total. The fourth-order valence-electron chi connectivity index (χ4n) is 3.25. The first kappa shape index (κ1) is 24.6. The largest absolute Gasteiger partial charge is 0.459 e. The van der Waals surface area contributed by atoms with Gasteiger partial charge >= 0.3 is 6.09 Å². The van der Waals surface area contributed by atoms with E-state index in [9.17, 15) is 14.4 Å². The number of carbonyl (C=O) groups excluding carboxylic acids is 3. The number of alkyl carbamates (subject to hydrolysis) is 1. The van der Waals surface area contributed by atoms with E-state index < -0.39 is 12.1 Å². The Morgan fingerprint density at radius 3 is 2.44 bits per heavy atom. The number of benzene rings is 2. The number of amides is 3. The summed E-state index contributed by atoms with van der Waals surface area (Å²) in [5.41, 5.74) is 2.23. The molecule has 2 aromatic carbocycles. The first-order valence-electron chi connectivity index (χ1n) is 11.1. The lowest BCUT2D eigenvalue weighted by Gasteiger charge is -2.23. The van der Waals surface area contributed by atoms with E-state index in [2.05, 4.69) is 16.0 Å². The summed E-state index contributed by atoms with van der Waals surface area (Å²) in [6.45, 7) is 4.20. The molecule has 178 valence electrons. The Bertz CT molecular complexity index is 1080. The van der Waals surface area contributed by atoms with Crippen molar-refractivity contribution in [3.63, 3.8) is 0 Å². The van der Waals surface area contributed by atoms with Gasteiger partial charge in [-0.15, -0.1) is 0 Å². The van der Waals surface area contributed by atoms with Crippen LogP contribution in [0.2, 0.25) is 0 Å². The Hall–Kier alpha value is -4.07. The number of hydrogen-bond donors (Lipinski definition) is 3. The standard InChI is InChI=1S/C26H29N3O5/c1-3-18(2)23(29-26(32)34-17-19-9-5-4-6-10-19)25(31)27-16-20-11-7-12-21(15-20)28-24(30)22-13-8-14-33-22/h4-15,18,23H,3,16-17H2,1-2H3,(H,27,31)(H,28,30)(H,29,32)/t18-,23-/m0/s1. The monoisotopic (exact) mass is 463 g/mol. The summed E-state index contributed by atoms with van der Waals surface area (Å²) in [7, 11) is 0. The Kier molecular flexibility index (Phi) is 8.85. The maximum Gasteiger partial charge on any atom is 0.408 e. The van der Waals surface area contributed by atoms with Crippen molar-refractivity contribution in [2.24, 2.45) is 5.92 Å². The van der Waals surface area contributed by atoms with Crippen molar-refractivity contribution in [2.75, 3.05) is 5.32 Å². The molecule has 34 heavy (non-hydrogen) atoms. The molecule has 1 heterocycles. The topological polar surface area (TPSA) is 110 Å². The normalized spacial score (nSPS) is 12.3. The Labute approximate surface area is 198 Å². The van der Waals surface area contributed by atoms with Crippen LogP contribution in [0.1, 0.15) is 41.9 Å². The third-order valence-electron chi connectivity index (χ3n) is 5.38. The summed E-state index contributed by atoms with van der Waals surface area (Å²) in [4.78, 5) is 37.4. The zero-order valence-electron chi connectivity index (χ0n) is 19.2. The van der Waals surface area contributed by atoms with Crippen molar-refractivity contribution in [2.45, 2.75) is 39.5 Å². The molecule has 0 aliphatic heterocycles. The van der Waals surface area contributed by atoms with Crippen LogP contribution in [0.15, 0.2) is 77.4 Å². The molecule has 3 rings (SSSR count).